The Morgan fingerprint density at radius 2 is 1.61 bits per heavy atom. The van der Waals surface area contributed by atoms with Gasteiger partial charge in [0.25, 0.3) is 0 Å². The summed E-state index contributed by atoms with van der Waals surface area (Å²) in [5, 5.41) is -0.653. The van der Waals surface area contributed by atoms with E-state index in [1.54, 1.807) is 31.8 Å². The van der Waals surface area contributed by atoms with Gasteiger partial charge in [-0.2, -0.15) is 13.2 Å². The summed E-state index contributed by atoms with van der Waals surface area (Å²) in [6.07, 6.45) is -4.37. The predicted octanol–water partition coefficient (Wildman–Crippen LogP) is 4.21. The fourth-order valence-electron chi connectivity index (χ4n) is 1.44. The molecule has 2 nitrogen and oxygen atoms in total. The molecule has 0 aromatic heterocycles. The van der Waals surface area contributed by atoms with Crippen LogP contribution in [0.2, 0.25) is 19.6 Å². The second-order valence-corrected chi connectivity index (χ2v) is 9.88. The van der Waals surface area contributed by atoms with Gasteiger partial charge in [-0.05, 0) is 24.3 Å². The van der Waals surface area contributed by atoms with E-state index in [0.717, 1.165) is 0 Å². The molecule has 0 spiro atoms. The SMILES string of the molecule is COc1ccc(N=C(C(F)(F)F)[Si](C)(C)C)cc1. The third kappa shape index (κ3) is 3.87. The van der Waals surface area contributed by atoms with Crippen LogP contribution < -0.4 is 4.74 Å². The molecule has 1 aromatic carbocycles. The lowest BCUT2D eigenvalue weighted by Gasteiger charge is -2.21. The van der Waals surface area contributed by atoms with Crippen LogP contribution in [0.25, 0.3) is 0 Å². The smallest absolute Gasteiger partial charge is 0.425 e. The molecule has 0 aliphatic heterocycles. The van der Waals surface area contributed by atoms with Crippen molar-refractivity contribution in [1.29, 1.82) is 0 Å². The molecule has 0 aliphatic carbocycles. The highest BCUT2D eigenvalue weighted by atomic mass is 28.3. The van der Waals surface area contributed by atoms with Crippen molar-refractivity contribution in [2.24, 2.45) is 4.99 Å². The average molecular weight is 275 g/mol. The monoisotopic (exact) mass is 275 g/mol. The van der Waals surface area contributed by atoms with E-state index < -0.39 is 19.6 Å². The molecule has 0 N–H and O–H groups in total. The van der Waals surface area contributed by atoms with E-state index >= 15 is 0 Å². The standard InChI is InChI=1S/C12H16F3NOSi/c1-17-10-7-5-9(6-8-10)16-11(12(13,14)15)18(2,3)4/h5-8H,1-4H3. The van der Waals surface area contributed by atoms with Gasteiger partial charge in [-0.3, -0.25) is 4.99 Å². The van der Waals surface area contributed by atoms with E-state index in [0.29, 0.717) is 11.4 Å². The summed E-state index contributed by atoms with van der Waals surface area (Å²) in [5.41, 5.74) is 0.297. The van der Waals surface area contributed by atoms with Gasteiger partial charge in [-0.15, -0.1) is 0 Å². The molecule has 1 rings (SSSR count). The molecule has 0 aliphatic rings. The Labute approximate surface area is 106 Å². The van der Waals surface area contributed by atoms with Crippen molar-refractivity contribution in [2.75, 3.05) is 7.11 Å². The second-order valence-electron chi connectivity index (χ2n) is 4.91. The van der Waals surface area contributed by atoms with Crippen LogP contribution in [-0.2, 0) is 0 Å². The van der Waals surface area contributed by atoms with Crippen molar-refractivity contribution in [3.8, 4) is 5.75 Å². The molecule has 6 heteroatoms. The maximum atomic E-state index is 12.9. The zero-order valence-corrected chi connectivity index (χ0v) is 11.8. The average Bonchev–Trinajstić information content (AvgIpc) is 2.23. The normalized spacial score (nSPS) is 13.6. The number of aliphatic imine (C=N–C) groups is 1. The van der Waals surface area contributed by atoms with Crippen LogP contribution in [0.4, 0.5) is 18.9 Å². The van der Waals surface area contributed by atoms with Crippen molar-refractivity contribution in [3.05, 3.63) is 24.3 Å². The van der Waals surface area contributed by atoms with E-state index in [9.17, 15) is 13.2 Å². The maximum absolute atomic E-state index is 12.9. The molecule has 18 heavy (non-hydrogen) atoms. The number of hydrogen-bond acceptors (Lipinski definition) is 2. The van der Waals surface area contributed by atoms with Crippen LogP contribution in [-0.4, -0.2) is 26.7 Å². The van der Waals surface area contributed by atoms with Gasteiger partial charge in [0, 0.05) is 0 Å². The lowest BCUT2D eigenvalue weighted by molar-refractivity contribution is -0.0564. The van der Waals surface area contributed by atoms with E-state index in [1.807, 2.05) is 0 Å². The fraction of sp³-hybridized carbons (Fsp3) is 0.417. The number of alkyl halides is 3. The number of rotatable bonds is 3. The summed E-state index contributed by atoms with van der Waals surface area (Å²) >= 11 is 0. The van der Waals surface area contributed by atoms with Gasteiger partial charge in [-0.1, -0.05) is 19.6 Å². The van der Waals surface area contributed by atoms with Gasteiger partial charge < -0.3 is 4.74 Å². The van der Waals surface area contributed by atoms with Gasteiger partial charge in [0.05, 0.1) is 12.8 Å². The molecule has 0 atom stereocenters. The Morgan fingerprint density at radius 3 is 1.94 bits per heavy atom. The first-order valence-corrected chi connectivity index (χ1v) is 8.95. The van der Waals surface area contributed by atoms with Crippen molar-refractivity contribution < 1.29 is 17.9 Å². The van der Waals surface area contributed by atoms with Crippen molar-refractivity contribution in [3.63, 3.8) is 0 Å². The quantitative estimate of drug-likeness (QED) is 0.598. The van der Waals surface area contributed by atoms with E-state index in [2.05, 4.69) is 4.99 Å². The van der Waals surface area contributed by atoms with E-state index in [1.165, 1.54) is 19.2 Å². The third-order valence-corrected chi connectivity index (χ3v) is 4.11. The molecule has 0 amide bonds. The highest BCUT2D eigenvalue weighted by Gasteiger charge is 2.43. The molecule has 100 valence electrons. The van der Waals surface area contributed by atoms with Crippen LogP contribution >= 0.6 is 0 Å². The molecule has 0 fully saturated rings. The molecule has 0 radical (unpaired) electrons. The Hall–Kier alpha value is -1.30. The minimum absolute atomic E-state index is 0.297. The molecule has 0 unspecified atom stereocenters. The third-order valence-electron chi connectivity index (χ3n) is 2.29. The van der Waals surface area contributed by atoms with Crippen LogP contribution in [0.5, 0.6) is 5.75 Å². The minimum Gasteiger partial charge on any atom is -0.497 e. The summed E-state index contributed by atoms with van der Waals surface area (Å²) < 4.78 is 43.7. The number of benzene rings is 1. The Bertz CT molecular complexity index is 416. The Morgan fingerprint density at radius 1 is 1.11 bits per heavy atom. The number of halogens is 3. The summed E-state index contributed by atoms with van der Waals surface area (Å²) in [6.45, 7) is 4.88. The highest BCUT2D eigenvalue weighted by Crippen LogP contribution is 2.28. The van der Waals surface area contributed by atoms with Crippen LogP contribution in [0, 0.1) is 0 Å². The first kappa shape index (κ1) is 14.8. The van der Waals surface area contributed by atoms with Gasteiger partial charge in [0.1, 0.15) is 19.2 Å². The molecule has 0 saturated heterocycles. The molecule has 0 bridgehead atoms. The van der Waals surface area contributed by atoms with Gasteiger partial charge in [0.2, 0.25) is 0 Å². The first-order chi connectivity index (χ1) is 8.14. The van der Waals surface area contributed by atoms with Crippen LogP contribution in [0.3, 0.4) is 0 Å². The number of ether oxygens (including phenoxy) is 1. The molecular weight excluding hydrogens is 259 g/mol. The first-order valence-electron chi connectivity index (χ1n) is 5.45. The van der Waals surface area contributed by atoms with Crippen LogP contribution in [0.1, 0.15) is 0 Å². The van der Waals surface area contributed by atoms with Gasteiger partial charge in [0.15, 0.2) is 0 Å². The highest BCUT2D eigenvalue weighted by molar-refractivity contribution is 7.05. The number of nitrogens with zero attached hydrogens (tertiary/aromatic N) is 1. The Kier molecular flexibility index (Phi) is 4.21. The summed E-state index contributed by atoms with van der Waals surface area (Å²) in [7, 11) is -1.03. The molecular formula is C12H16F3NOSi. The summed E-state index contributed by atoms with van der Waals surface area (Å²) in [6, 6.07) is 6.23. The summed E-state index contributed by atoms with van der Waals surface area (Å²) in [5.74, 6) is 0.593. The largest absolute Gasteiger partial charge is 0.497 e. The lowest BCUT2D eigenvalue weighted by atomic mass is 10.3. The number of hydrogen-bond donors (Lipinski definition) is 0. The lowest BCUT2D eigenvalue weighted by Crippen LogP contribution is -2.43. The predicted molar refractivity (Wildman–Crippen MR) is 69.5 cm³/mol. The van der Waals surface area contributed by atoms with Crippen molar-refractivity contribution in [2.45, 2.75) is 25.8 Å². The van der Waals surface area contributed by atoms with Crippen molar-refractivity contribution in [1.82, 2.24) is 0 Å². The van der Waals surface area contributed by atoms with Gasteiger partial charge in [-0.25, -0.2) is 0 Å². The van der Waals surface area contributed by atoms with E-state index in [-0.39, 0.29) is 0 Å². The summed E-state index contributed by atoms with van der Waals surface area (Å²) in [4.78, 5) is 3.77. The fourth-order valence-corrected chi connectivity index (χ4v) is 2.76. The molecule has 0 saturated carbocycles. The van der Waals surface area contributed by atoms with Crippen molar-refractivity contribution >= 4 is 19.1 Å². The Balaban J connectivity index is 3.16. The topological polar surface area (TPSA) is 21.6 Å². The van der Waals surface area contributed by atoms with Crippen LogP contribution in [0.15, 0.2) is 29.3 Å². The zero-order chi connectivity index (χ0) is 14.0. The molecule has 1 aromatic rings. The maximum Gasteiger partial charge on any atom is 0.425 e. The van der Waals surface area contributed by atoms with E-state index in [4.69, 9.17) is 4.74 Å². The zero-order valence-electron chi connectivity index (χ0n) is 10.8. The molecule has 0 heterocycles. The van der Waals surface area contributed by atoms with Gasteiger partial charge >= 0.3 is 6.18 Å². The minimum atomic E-state index is -4.37. The second kappa shape index (κ2) is 5.13. The number of methoxy groups -OCH3 is 1.